The number of rotatable bonds is 25. The zero-order chi connectivity index (χ0) is 36.0. The van der Waals surface area contributed by atoms with Crippen LogP contribution in [0, 0.1) is 46.3 Å². The Bertz CT molecular complexity index is 933. The first kappa shape index (κ1) is 43.1. The lowest BCUT2D eigenvalue weighted by Crippen LogP contribution is -2.63. The molecule has 4 aliphatic rings. The summed E-state index contributed by atoms with van der Waals surface area (Å²) in [6, 6.07) is 0. The second-order valence-electron chi connectivity index (χ2n) is 17.0. The molecule has 0 saturated heterocycles. The molecule has 50 heavy (non-hydrogen) atoms. The van der Waals surface area contributed by atoms with Crippen molar-refractivity contribution >= 4 is 25.3 Å². The molecule has 4 fully saturated rings. The van der Waals surface area contributed by atoms with Gasteiger partial charge in [0.05, 0.1) is 18.3 Å². The Morgan fingerprint density at radius 2 is 1.42 bits per heavy atom. The summed E-state index contributed by atoms with van der Waals surface area (Å²) < 4.78 is 20.4. The van der Waals surface area contributed by atoms with Gasteiger partial charge in [0.15, 0.2) is 0 Å². The molecule has 0 aromatic carbocycles. The van der Waals surface area contributed by atoms with Gasteiger partial charge in [-0.1, -0.05) is 20.8 Å². The molecule has 8 nitrogen and oxygen atoms in total. The Morgan fingerprint density at radius 1 is 0.760 bits per heavy atom. The Kier molecular flexibility index (Phi) is 19.0. The number of nitrogens with one attached hydrogen (secondary N) is 1. The first-order valence-electron chi connectivity index (χ1n) is 20.9. The molecule has 0 amide bonds. The summed E-state index contributed by atoms with van der Waals surface area (Å²) in [6.07, 6.45) is 15.9. The molecule has 0 aliphatic heterocycles. The molecular weight excluding hydrogens is 663 g/mol. The highest BCUT2D eigenvalue weighted by Gasteiger charge is 2.66. The van der Waals surface area contributed by atoms with E-state index in [1.165, 1.54) is 38.5 Å². The Balaban J connectivity index is 1.45. The van der Waals surface area contributed by atoms with Crippen molar-refractivity contribution in [3.05, 3.63) is 0 Å². The van der Waals surface area contributed by atoms with Crippen molar-refractivity contribution in [2.45, 2.75) is 123 Å². The lowest BCUT2D eigenvalue weighted by atomic mass is 9.43. The van der Waals surface area contributed by atoms with E-state index in [0.717, 1.165) is 109 Å². The normalized spacial score (nSPS) is 35.9. The average molecular weight is 742 g/mol. The van der Waals surface area contributed by atoms with Gasteiger partial charge in [0.25, 0.3) is 0 Å². The van der Waals surface area contributed by atoms with Crippen LogP contribution < -0.4 is 22.5 Å². The number of nitrogens with two attached hydrogens (primary N) is 3. The molecule has 6 unspecified atom stereocenters. The molecular formula is C40H79N5O3S2. The molecule has 7 N–H and O–H groups in total. The fourth-order valence-electron chi connectivity index (χ4n) is 11.5. The first-order chi connectivity index (χ1) is 24.3. The van der Waals surface area contributed by atoms with Crippen LogP contribution in [0.1, 0.15) is 104 Å². The van der Waals surface area contributed by atoms with Crippen LogP contribution in [0.15, 0.2) is 0 Å². The van der Waals surface area contributed by atoms with Crippen LogP contribution in [0.25, 0.3) is 0 Å². The van der Waals surface area contributed by atoms with Gasteiger partial charge in [0.2, 0.25) is 0 Å². The van der Waals surface area contributed by atoms with E-state index >= 15 is 0 Å². The first-order valence-corrected chi connectivity index (χ1v) is 22.1. The van der Waals surface area contributed by atoms with Gasteiger partial charge in [0, 0.05) is 49.8 Å². The minimum Gasteiger partial charge on any atom is -0.378 e. The topological polar surface area (TPSA) is 121 Å². The molecule has 0 spiro atoms. The third kappa shape index (κ3) is 10.8. The van der Waals surface area contributed by atoms with Crippen LogP contribution in [-0.4, -0.2) is 107 Å². The van der Waals surface area contributed by atoms with Crippen LogP contribution in [0.4, 0.5) is 0 Å². The number of ether oxygens (including phenoxy) is 3. The fraction of sp³-hybridized carbons (Fsp3) is 1.00. The summed E-state index contributed by atoms with van der Waals surface area (Å²) in [5, 5.41) is 3.75. The lowest BCUT2D eigenvalue weighted by molar-refractivity contribution is -0.227. The summed E-state index contributed by atoms with van der Waals surface area (Å²) in [6.45, 7) is 17.7. The predicted molar refractivity (Wildman–Crippen MR) is 216 cm³/mol. The van der Waals surface area contributed by atoms with Gasteiger partial charge in [-0.3, -0.25) is 0 Å². The Labute approximate surface area is 318 Å². The summed E-state index contributed by atoms with van der Waals surface area (Å²) in [5.41, 5.74) is 18.2. The van der Waals surface area contributed by atoms with E-state index < -0.39 is 0 Å². The minimum absolute atomic E-state index is 0.160. The third-order valence-electron chi connectivity index (χ3n) is 14.2. The van der Waals surface area contributed by atoms with Gasteiger partial charge in [0.1, 0.15) is 0 Å². The summed E-state index contributed by atoms with van der Waals surface area (Å²) >= 11 is 8.86. The van der Waals surface area contributed by atoms with Crippen molar-refractivity contribution in [3.8, 4) is 0 Å². The zero-order valence-corrected chi connectivity index (χ0v) is 34.2. The van der Waals surface area contributed by atoms with Gasteiger partial charge in [-0.15, -0.1) is 0 Å². The molecule has 294 valence electrons. The standard InChI is InChI=1S/C40H79N5O3S2/c1-30(9-4-17-44-18-8-19-45(20-25-49)21-26-50)33-10-11-34-38-35(29-37(40(33,34)3)48-24-7-16-43)39(2)13-12-32(46-22-5-14-41)27-31(39)28-36(38)47-23-6-15-42/h30-38,44,49-50H,4-29,41-43H2,1-3H3/t30?,31?,32-,33?,34+,35+,36-,37+,38?,39?,40?/m1/s1. The maximum Gasteiger partial charge on any atom is 0.0637 e. The SMILES string of the molecule is CC(CCCNCCCN(CCS)CCS)C1CC[C@H]2C3[C@H](OCCCN)CC4C[C@H](OCCCN)CCC4(C)[C@H]3C[C@H](OCCCN)C12C. The number of thiol groups is 2. The second-order valence-corrected chi connectivity index (χ2v) is 17.9. The molecule has 0 radical (unpaired) electrons. The highest BCUT2D eigenvalue weighted by atomic mass is 32.1. The largest absolute Gasteiger partial charge is 0.378 e. The van der Waals surface area contributed by atoms with Crippen molar-refractivity contribution < 1.29 is 14.2 Å². The number of fused-ring (bicyclic) bond motifs is 5. The molecule has 11 atom stereocenters. The fourth-order valence-corrected chi connectivity index (χ4v) is 12.1. The summed E-state index contributed by atoms with van der Waals surface area (Å²) in [7, 11) is 0. The Hall–Kier alpha value is 0.380. The van der Waals surface area contributed by atoms with Gasteiger partial charge >= 0.3 is 0 Å². The Morgan fingerprint density at radius 3 is 2.10 bits per heavy atom. The molecule has 0 bridgehead atoms. The van der Waals surface area contributed by atoms with E-state index in [1.54, 1.807) is 0 Å². The summed E-state index contributed by atoms with van der Waals surface area (Å²) in [5.74, 6) is 5.63. The van der Waals surface area contributed by atoms with Crippen LogP contribution in [-0.2, 0) is 14.2 Å². The predicted octanol–water partition coefficient (Wildman–Crippen LogP) is 5.62. The highest BCUT2D eigenvalue weighted by Crippen LogP contribution is 2.69. The second kappa shape index (κ2) is 22.1. The maximum atomic E-state index is 7.04. The quantitative estimate of drug-likeness (QED) is 0.0527. The van der Waals surface area contributed by atoms with Crippen LogP contribution >= 0.6 is 25.3 Å². The number of hydrogen-bond acceptors (Lipinski definition) is 10. The van der Waals surface area contributed by atoms with Gasteiger partial charge in [-0.25, -0.2) is 0 Å². The van der Waals surface area contributed by atoms with E-state index in [-0.39, 0.29) is 11.5 Å². The summed E-state index contributed by atoms with van der Waals surface area (Å²) in [4.78, 5) is 2.48. The van der Waals surface area contributed by atoms with E-state index in [1.807, 2.05) is 0 Å². The minimum atomic E-state index is 0.160. The van der Waals surface area contributed by atoms with Gasteiger partial charge in [-0.2, -0.15) is 25.3 Å². The third-order valence-corrected chi connectivity index (χ3v) is 14.6. The highest BCUT2D eigenvalue weighted by molar-refractivity contribution is 7.80. The van der Waals surface area contributed by atoms with E-state index in [0.29, 0.717) is 72.8 Å². The van der Waals surface area contributed by atoms with Crippen molar-refractivity contribution in [3.63, 3.8) is 0 Å². The molecule has 0 heterocycles. The van der Waals surface area contributed by atoms with Gasteiger partial charge < -0.3 is 41.6 Å². The molecule has 0 aromatic heterocycles. The smallest absolute Gasteiger partial charge is 0.0637 e. The van der Waals surface area contributed by atoms with E-state index in [2.05, 4.69) is 56.2 Å². The van der Waals surface area contributed by atoms with Gasteiger partial charge in [-0.05, 0) is 164 Å². The molecule has 4 aliphatic carbocycles. The number of nitrogens with zero attached hydrogens (tertiary/aromatic N) is 1. The van der Waals surface area contributed by atoms with Crippen molar-refractivity contribution in [1.29, 1.82) is 0 Å². The van der Waals surface area contributed by atoms with Crippen LogP contribution in [0.3, 0.4) is 0 Å². The van der Waals surface area contributed by atoms with Crippen LogP contribution in [0.5, 0.6) is 0 Å². The average Bonchev–Trinajstić information content (AvgIpc) is 3.46. The monoisotopic (exact) mass is 742 g/mol. The molecule has 4 rings (SSSR count). The lowest BCUT2D eigenvalue weighted by Gasteiger charge is -2.65. The number of hydrogen-bond donors (Lipinski definition) is 6. The van der Waals surface area contributed by atoms with Crippen LogP contribution in [0.2, 0.25) is 0 Å². The molecule has 4 saturated carbocycles. The van der Waals surface area contributed by atoms with E-state index in [4.69, 9.17) is 31.4 Å². The van der Waals surface area contributed by atoms with Crippen molar-refractivity contribution in [2.75, 3.05) is 83.7 Å². The van der Waals surface area contributed by atoms with E-state index in [9.17, 15) is 0 Å². The molecule has 0 aromatic rings. The molecule has 10 heteroatoms. The van der Waals surface area contributed by atoms with Crippen molar-refractivity contribution in [1.82, 2.24) is 10.2 Å². The maximum absolute atomic E-state index is 7.04. The van der Waals surface area contributed by atoms with Crippen molar-refractivity contribution in [2.24, 2.45) is 63.5 Å². The zero-order valence-electron chi connectivity index (χ0n) is 32.4.